The Morgan fingerprint density at radius 2 is 1.94 bits per heavy atom. The minimum absolute atomic E-state index is 0.0344. The maximum Gasteiger partial charge on any atom is 0.333 e. The van der Waals surface area contributed by atoms with Crippen molar-refractivity contribution in [2.24, 2.45) is 0 Å². The van der Waals surface area contributed by atoms with Crippen LogP contribution in [-0.2, 0) is 23.2 Å². The fourth-order valence-electron chi connectivity index (χ4n) is 1.41. The molecule has 0 N–H and O–H groups in total. The summed E-state index contributed by atoms with van der Waals surface area (Å²) in [7, 11) is -6.19. The largest absolute Gasteiger partial charge is 0.333 e. The Morgan fingerprint density at radius 3 is 2.44 bits per heavy atom. The molecule has 0 heterocycles. The van der Waals surface area contributed by atoms with Crippen LogP contribution in [0, 0.1) is 0 Å². The molecule has 5 nitrogen and oxygen atoms in total. The molecule has 1 aromatic carbocycles. The molecule has 0 aliphatic rings. The maximum absolute atomic E-state index is 12.0. The van der Waals surface area contributed by atoms with Crippen LogP contribution in [0.5, 0.6) is 0 Å². The first kappa shape index (κ1) is 15.7. The standard InChI is InChI=1S/C10H14ClO5PS/c1-7(2)8-5-4-6-9(11)10(8)18(13,14)16-17(12)15-3/h4-7,17H,1-3H3. The molecular weight excluding hydrogens is 299 g/mol. The zero-order chi connectivity index (χ0) is 13.9. The van der Waals surface area contributed by atoms with Gasteiger partial charge in [-0.1, -0.05) is 37.6 Å². The minimum atomic E-state index is -4.20. The molecular formula is C10H14ClO5PS. The lowest BCUT2D eigenvalue weighted by Gasteiger charge is -2.13. The molecule has 1 aromatic rings. The smallest absolute Gasteiger partial charge is 0.313 e. The van der Waals surface area contributed by atoms with Crippen LogP contribution >= 0.6 is 19.9 Å². The first-order valence-electron chi connectivity index (χ1n) is 5.10. The van der Waals surface area contributed by atoms with Crippen molar-refractivity contribution in [1.29, 1.82) is 0 Å². The second-order valence-corrected chi connectivity index (χ2v) is 7.10. The third kappa shape index (κ3) is 3.56. The van der Waals surface area contributed by atoms with Crippen molar-refractivity contribution in [2.45, 2.75) is 24.7 Å². The van der Waals surface area contributed by atoms with E-state index in [0.29, 0.717) is 5.56 Å². The van der Waals surface area contributed by atoms with Gasteiger partial charge in [0.15, 0.2) is 0 Å². The third-order valence-electron chi connectivity index (χ3n) is 2.21. The molecule has 1 atom stereocenters. The summed E-state index contributed by atoms with van der Waals surface area (Å²) in [5.41, 5.74) is 0.508. The summed E-state index contributed by atoms with van der Waals surface area (Å²) in [6.07, 6.45) is 0. The van der Waals surface area contributed by atoms with Crippen LogP contribution in [0.2, 0.25) is 5.02 Å². The highest BCUT2D eigenvalue weighted by Crippen LogP contribution is 2.36. The molecule has 0 bridgehead atoms. The number of rotatable bonds is 5. The van der Waals surface area contributed by atoms with Crippen molar-refractivity contribution < 1.29 is 21.5 Å². The van der Waals surface area contributed by atoms with E-state index in [2.05, 4.69) is 8.49 Å². The second kappa shape index (κ2) is 6.17. The summed E-state index contributed by atoms with van der Waals surface area (Å²) in [5.74, 6) is -0.0676. The van der Waals surface area contributed by atoms with Gasteiger partial charge in [0.05, 0.1) is 5.02 Å². The molecule has 102 valence electrons. The van der Waals surface area contributed by atoms with Crippen LogP contribution in [0.25, 0.3) is 0 Å². The van der Waals surface area contributed by atoms with Gasteiger partial charge in [-0.2, -0.15) is 12.4 Å². The number of hydrogen-bond donors (Lipinski definition) is 0. The van der Waals surface area contributed by atoms with Crippen molar-refractivity contribution in [2.75, 3.05) is 7.11 Å². The first-order chi connectivity index (χ1) is 8.29. The lowest BCUT2D eigenvalue weighted by molar-refractivity contribution is 0.348. The quantitative estimate of drug-likeness (QED) is 0.781. The van der Waals surface area contributed by atoms with Crippen molar-refractivity contribution in [1.82, 2.24) is 0 Å². The Balaban J connectivity index is 3.36. The van der Waals surface area contributed by atoms with E-state index >= 15 is 0 Å². The van der Waals surface area contributed by atoms with E-state index in [1.807, 2.05) is 13.8 Å². The Kier molecular flexibility index (Phi) is 5.37. The highest BCUT2D eigenvalue weighted by atomic mass is 35.5. The predicted octanol–water partition coefficient (Wildman–Crippen LogP) is 3.20. The van der Waals surface area contributed by atoms with E-state index in [1.165, 1.54) is 6.07 Å². The summed E-state index contributed by atoms with van der Waals surface area (Å²) in [5, 5.41) is 0.0344. The highest BCUT2D eigenvalue weighted by Gasteiger charge is 2.26. The zero-order valence-electron chi connectivity index (χ0n) is 10.1. The molecule has 0 saturated heterocycles. The van der Waals surface area contributed by atoms with Crippen LogP contribution in [0.4, 0.5) is 0 Å². The lowest BCUT2D eigenvalue weighted by Crippen LogP contribution is -2.07. The minimum Gasteiger partial charge on any atom is -0.313 e. The Hall–Kier alpha value is -0.390. The van der Waals surface area contributed by atoms with Crippen LogP contribution < -0.4 is 0 Å². The Morgan fingerprint density at radius 1 is 1.33 bits per heavy atom. The highest BCUT2D eigenvalue weighted by molar-refractivity contribution is 7.89. The van der Waals surface area contributed by atoms with E-state index in [-0.39, 0.29) is 15.8 Å². The van der Waals surface area contributed by atoms with Crippen molar-refractivity contribution in [3.8, 4) is 0 Å². The summed E-state index contributed by atoms with van der Waals surface area (Å²) in [6.45, 7) is 3.65. The molecule has 0 aliphatic carbocycles. The van der Waals surface area contributed by atoms with Crippen LogP contribution in [0.3, 0.4) is 0 Å². The summed E-state index contributed by atoms with van der Waals surface area (Å²) >= 11 is 5.89. The van der Waals surface area contributed by atoms with Gasteiger partial charge < -0.3 is 4.52 Å². The Bertz CT molecular complexity index is 555. The molecule has 1 unspecified atom stereocenters. The number of halogens is 1. The van der Waals surface area contributed by atoms with E-state index in [0.717, 1.165) is 7.11 Å². The van der Waals surface area contributed by atoms with Gasteiger partial charge in [-0.15, -0.1) is 0 Å². The van der Waals surface area contributed by atoms with Gasteiger partial charge in [0.1, 0.15) is 4.90 Å². The van der Waals surface area contributed by atoms with Gasteiger partial charge >= 0.3 is 18.4 Å². The normalized spacial score (nSPS) is 13.8. The van der Waals surface area contributed by atoms with Crippen LogP contribution in [0.15, 0.2) is 23.1 Å². The fraction of sp³-hybridized carbons (Fsp3) is 0.400. The lowest BCUT2D eigenvalue weighted by atomic mass is 10.0. The van der Waals surface area contributed by atoms with E-state index in [4.69, 9.17) is 11.6 Å². The molecule has 0 aliphatic heterocycles. The molecule has 0 fully saturated rings. The third-order valence-corrected chi connectivity index (χ3v) is 5.35. The van der Waals surface area contributed by atoms with Crippen LogP contribution in [-0.4, -0.2) is 15.5 Å². The molecule has 0 amide bonds. The SMILES string of the molecule is CO[PH](=O)OS(=O)(=O)c1c(Cl)cccc1C(C)C. The maximum atomic E-state index is 12.0. The second-order valence-electron chi connectivity index (χ2n) is 3.80. The topological polar surface area (TPSA) is 69.7 Å². The van der Waals surface area contributed by atoms with Gasteiger partial charge in [0.2, 0.25) is 0 Å². The fourth-order valence-corrected chi connectivity index (χ4v) is 4.10. The molecule has 0 saturated carbocycles. The van der Waals surface area contributed by atoms with Crippen LogP contribution in [0.1, 0.15) is 25.3 Å². The van der Waals surface area contributed by atoms with Crippen molar-refractivity contribution >= 4 is 30.0 Å². The molecule has 1 rings (SSSR count). The van der Waals surface area contributed by atoms with E-state index < -0.39 is 18.4 Å². The zero-order valence-corrected chi connectivity index (χ0v) is 12.7. The molecule has 18 heavy (non-hydrogen) atoms. The summed E-state index contributed by atoms with van der Waals surface area (Å²) in [6, 6.07) is 4.72. The molecule has 0 aromatic heterocycles. The Labute approximate surface area is 112 Å². The van der Waals surface area contributed by atoms with E-state index in [1.54, 1.807) is 12.1 Å². The molecule has 0 spiro atoms. The van der Waals surface area contributed by atoms with Gasteiger partial charge in [-0.25, -0.2) is 0 Å². The van der Waals surface area contributed by atoms with Crippen molar-refractivity contribution in [3.63, 3.8) is 0 Å². The van der Waals surface area contributed by atoms with Gasteiger partial charge in [-0.05, 0) is 17.5 Å². The van der Waals surface area contributed by atoms with Gasteiger partial charge in [-0.3, -0.25) is 4.57 Å². The molecule has 8 heteroatoms. The summed E-state index contributed by atoms with van der Waals surface area (Å²) in [4.78, 5) is -0.155. The monoisotopic (exact) mass is 312 g/mol. The van der Waals surface area contributed by atoms with E-state index in [9.17, 15) is 13.0 Å². The van der Waals surface area contributed by atoms with Gasteiger partial charge in [0.25, 0.3) is 0 Å². The predicted molar refractivity (Wildman–Crippen MR) is 69.8 cm³/mol. The average molecular weight is 313 g/mol. The molecule has 0 radical (unpaired) electrons. The number of hydrogen-bond acceptors (Lipinski definition) is 5. The summed E-state index contributed by atoms with van der Waals surface area (Å²) < 4.78 is 43.9. The average Bonchev–Trinajstić information content (AvgIpc) is 2.27. The van der Waals surface area contributed by atoms with Gasteiger partial charge in [0, 0.05) is 7.11 Å². The van der Waals surface area contributed by atoms with Crippen molar-refractivity contribution in [3.05, 3.63) is 28.8 Å². The number of benzene rings is 1. The first-order valence-corrected chi connectivity index (χ1v) is 8.11.